The summed E-state index contributed by atoms with van der Waals surface area (Å²) in [5.74, 6) is -1.03. The fourth-order valence-electron chi connectivity index (χ4n) is 1.89. The Bertz CT molecular complexity index is 469. The van der Waals surface area contributed by atoms with Gasteiger partial charge in [-0.2, -0.15) is 0 Å². The van der Waals surface area contributed by atoms with E-state index in [2.05, 4.69) is 35.1 Å². The first-order valence-electron chi connectivity index (χ1n) is 7.44. The first-order valence-corrected chi connectivity index (χ1v) is 8.24. The van der Waals surface area contributed by atoms with Gasteiger partial charge in [0.25, 0.3) is 0 Å². The molecule has 1 aromatic carbocycles. The number of hydrogen-bond acceptors (Lipinski definition) is 2. The molecule has 5 heteroatoms. The minimum Gasteiger partial charge on any atom is -0.334 e. The standard InChI is InChI=1S/C16H23BrN2O2/c1-3-5-11-19(12-6-4-2)16(21)15(20)18-14-10-8-7-9-13(14)17/h7-10H,3-6,11-12H2,1-2H3,(H,18,20). The number of unbranched alkanes of at least 4 members (excludes halogenated alkanes) is 2. The number of nitrogens with one attached hydrogen (secondary N) is 1. The number of anilines is 1. The van der Waals surface area contributed by atoms with Crippen molar-refractivity contribution in [1.82, 2.24) is 4.90 Å². The number of amides is 2. The molecular formula is C16H23BrN2O2. The zero-order chi connectivity index (χ0) is 15.7. The summed E-state index contributed by atoms with van der Waals surface area (Å²) in [6, 6.07) is 7.26. The number of carbonyl (C=O) groups excluding carboxylic acids is 2. The lowest BCUT2D eigenvalue weighted by atomic mass is 10.2. The number of nitrogens with zero attached hydrogens (tertiary/aromatic N) is 1. The zero-order valence-corrected chi connectivity index (χ0v) is 14.3. The molecule has 0 atom stereocenters. The quantitative estimate of drug-likeness (QED) is 0.756. The maximum atomic E-state index is 12.3. The van der Waals surface area contributed by atoms with E-state index in [0.717, 1.165) is 30.2 Å². The fraction of sp³-hybridized carbons (Fsp3) is 0.500. The van der Waals surface area contributed by atoms with E-state index in [1.54, 1.807) is 11.0 Å². The monoisotopic (exact) mass is 354 g/mol. The molecule has 0 spiro atoms. The molecule has 0 radical (unpaired) electrons. The van der Waals surface area contributed by atoms with Crippen LogP contribution in [-0.2, 0) is 9.59 Å². The van der Waals surface area contributed by atoms with Crippen molar-refractivity contribution in [3.63, 3.8) is 0 Å². The van der Waals surface area contributed by atoms with Crippen LogP contribution in [-0.4, -0.2) is 29.8 Å². The second-order valence-corrected chi connectivity index (χ2v) is 5.79. The van der Waals surface area contributed by atoms with Crippen molar-refractivity contribution >= 4 is 33.4 Å². The minimum atomic E-state index is -0.575. The Morgan fingerprint density at radius 3 is 2.19 bits per heavy atom. The molecule has 1 rings (SSSR count). The van der Waals surface area contributed by atoms with Crippen LogP contribution in [0.1, 0.15) is 39.5 Å². The summed E-state index contributed by atoms with van der Waals surface area (Å²) in [6.07, 6.45) is 3.83. The van der Waals surface area contributed by atoms with Crippen LogP contribution in [0.3, 0.4) is 0 Å². The van der Waals surface area contributed by atoms with Gasteiger partial charge in [0, 0.05) is 17.6 Å². The van der Waals surface area contributed by atoms with E-state index in [1.807, 2.05) is 18.2 Å². The highest BCUT2D eigenvalue weighted by molar-refractivity contribution is 9.10. The Labute approximate surface area is 135 Å². The Balaban J connectivity index is 2.68. The lowest BCUT2D eigenvalue weighted by Crippen LogP contribution is -2.40. The highest BCUT2D eigenvalue weighted by Gasteiger charge is 2.21. The lowest BCUT2D eigenvalue weighted by Gasteiger charge is -2.21. The number of rotatable bonds is 7. The van der Waals surface area contributed by atoms with Gasteiger partial charge in [-0.25, -0.2) is 0 Å². The Hall–Kier alpha value is -1.36. The molecule has 1 aromatic rings. The molecule has 0 aliphatic heterocycles. The van der Waals surface area contributed by atoms with Crippen LogP contribution in [0.2, 0.25) is 0 Å². The van der Waals surface area contributed by atoms with Crippen molar-refractivity contribution in [3.05, 3.63) is 28.7 Å². The molecule has 0 aliphatic rings. The van der Waals surface area contributed by atoms with Crippen LogP contribution in [0, 0.1) is 0 Å². The van der Waals surface area contributed by atoms with Crippen LogP contribution >= 0.6 is 15.9 Å². The van der Waals surface area contributed by atoms with Crippen molar-refractivity contribution in [2.45, 2.75) is 39.5 Å². The van der Waals surface area contributed by atoms with Crippen LogP contribution in [0.25, 0.3) is 0 Å². The molecule has 1 N–H and O–H groups in total. The van der Waals surface area contributed by atoms with E-state index in [4.69, 9.17) is 0 Å². The summed E-state index contributed by atoms with van der Waals surface area (Å²) in [7, 11) is 0. The van der Waals surface area contributed by atoms with Gasteiger partial charge in [0.2, 0.25) is 0 Å². The largest absolute Gasteiger partial charge is 0.334 e. The van der Waals surface area contributed by atoms with E-state index in [9.17, 15) is 9.59 Å². The average molecular weight is 355 g/mol. The zero-order valence-electron chi connectivity index (χ0n) is 12.7. The number of halogens is 1. The van der Waals surface area contributed by atoms with Crippen molar-refractivity contribution in [1.29, 1.82) is 0 Å². The molecule has 116 valence electrons. The SMILES string of the molecule is CCCCN(CCCC)C(=O)C(=O)Nc1ccccc1Br. The molecule has 0 saturated carbocycles. The molecule has 4 nitrogen and oxygen atoms in total. The highest BCUT2D eigenvalue weighted by atomic mass is 79.9. The third-order valence-corrected chi connectivity index (χ3v) is 3.86. The molecule has 2 amide bonds. The molecular weight excluding hydrogens is 332 g/mol. The van der Waals surface area contributed by atoms with Gasteiger partial charge in [0.15, 0.2) is 0 Å². The lowest BCUT2D eigenvalue weighted by molar-refractivity contribution is -0.143. The smallest absolute Gasteiger partial charge is 0.313 e. The maximum absolute atomic E-state index is 12.3. The molecule has 0 aromatic heterocycles. The third-order valence-electron chi connectivity index (χ3n) is 3.17. The van der Waals surface area contributed by atoms with Crippen molar-refractivity contribution in [2.24, 2.45) is 0 Å². The third kappa shape index (κ3) is 5.87. The summed E-state index contributed by atoms with van der Waals surface area (Å²) in [5, 5.41) is 2.67. The van der Waals surface area contributed by atoms with Gasteiger partial charge >= 0.3 is 11.8 Å². The summed E-state index contributed by atoms with van der Waals surface area (Å²) in [6.45, 7) is 5.42. The molecule has 0 saturated heterocycles. The van der Waals surface area contributed by atoms with Gasteiger partial charge in [-0.3, -0.25) is 9.59 Å². The topological polar surface area (TPSA) is 49.4 Å². The molecule has 0 heterocycles. The number of hydrogen-bond donors (Lipinski definition) is 1. The van der Waals surface area contributed by atoms with Crippen LogP contribution < -0.4 is 5.32 Å². The van der Waals surface area contributed by atoms with Crippen LogP contribution in [0.4, 0.5) is 5.69 Å². The Morgan fingerprint density at radius 2 is 1.67 bits per heavy atom. The number of carbonyl (C=O) groups is 2. The highest BCUT2D eigenvalue weighted by Crippen LogP contribution is 2.21. The van der Waals surface area contributed by atoms with Crippen molar-refractivity contribution in [3.8, 4) is 0 Å². The van der Waals surface area contributed by atoms with E-state index in [1.165, 1.54) is 0 Å². The van der Waals surface area contributed by atoms with Crippen molar-refractivity contribution < 1.29 is 9.59 Å². The second-order valence-electron chi connectivity index (χ2n) is 4.93. The van der Waals surface area contributed by atoms with E-state index < -0.39 is 11.8 Å². The van der Waals surface area contributed by atoms with Gasteiger partial charge in [0.1, 0.15) is 0 Å². The average Bonchev–Trinajstić information content (AvgIpc) is 2.49. The number of para-hydroxylation sites is 1. The van der Waals surface area contributed by atoms with E-state index >= 15 is 0 Å². The molecule has 0 bridgehead atoms. The van der Waals surface area contributed by atoms with E-state index in [-0.39, 0.29) is 0 Å². The summed E-state index contributed by atoms with van der Waals surface area (Å²) in [5.41, 5.74) is 0.613. The Morgan fingerprint density at radius 1 is 1.10 bits per heavy atom. The van der Waals surface area contributed by atoms with Crippen LogP contribution in [0.5, 0.6) is 0 Å². The molecule has 0 unspecified atom stereocenters. The predicted molar refractivity (Wildman–Crippen MR) is 89.2 cm³/mol. The molecule has 21 heavy (non-hydrogen) atoms. The summed E-state index contributed by atoms with van der Waals surface area (Å²) in [4.78, 5) is 26.0. The maximum Gasteiger partial charge on any atom is 0.313 e. The van der Waals surface area contributed by atoms with Gasteiger partial charge in [0.05, 0.1) is 5.69 Å². The molecule has 0 aliphatic carbocycles. The van der Waals surface area contributed by atoms with Gasteiger partial charge < -0.3 is 10.2 Å². The van der Waals surface area contributed by atoms with Crippen molar-refractivity contribution in [2.75, 3.05) is 18.4 Å². The van der Waals surface area contributed by atoms with Gasteiger partial charge in [-0.1, -0.05) is 38.8 Å². The Kier molecular flexibility index (Phi) is 8.05. The van der Waals surface area contributed by atoms with E-state index in [0.29, 0.717) is 18.8 Å². The first kappa shape index (κ1) is 17.7. The van der Waals surface area contributed by atoms with Crippen LogP contribution in [0.15, 0.2) is 28.7 Å². The predicted octanol–water partition coefficient (Wildman–Crippen LogP) is 3.82. The fourth-order valence-corrected chi connectivity index (χ4v) is 2.28. The molecule has 0 fully saturated rings. The normalized spacial score (nSPS) is 10.2. The minimum absolute atomic E-state index is 0.451. The summed E-state index contributed by atoms with van der Waals surface area (Å²) >= 11 is 3.36. The van der Waals surface area contributed by atoms with Gasteiger partial charge in [-0.15, -0.1) is 0 Å². The number of benzene rings is 1. The van der Waals surface area contributed by atoms with Gasteiger partial charge in [-0.05, 0) is 40.9 Å². The first-order chi connectivity index (χ1) is 10.1. The second kappa shape index (κ2) is 9.55. The summed E-state index contributed by atoms with van der Waals surface area (Å²) < 4.78 is 0.764.